The van der Waals surface area contributed by atoms with E-state index < -0.39 is 11.8 Å². The highest BCUT2D eigenvalue weighted by atomic mass is 35.5. The van der Waals surface area contributed by atoms with Gasteiger partial charge in [0.1, 0.15) is 5.75 Å². The van der Waals surface area contributed by atoms with Crippen LogP contribution in [0.1, 0.15) is 96.7 Å². The van der Waals surface area contributed by atoms with Crippen molar-refractivity contribution in [2.75, 3.05) is 6.54 Å². The number of amides is 2. The Labute approximate surface area is 231 Å². The van der Waals surface area contributed by atoms with Gasteiger partial charge in [0.25, 0.3) is 11.8 Å². The fourth-order valence-electron chi connectivity index (χ4n) is 7.21. The second-order valence-electron chi connectivity index (χ2n) is 11.4. The molecule has 3 aliphatic rings. The minimum atomic E-state index is -0.482. The minimum Gasteiger partial charge on any atom is -0.508 e. The number of aromatic hydroxyl groups is 1. The molecule has 0 spiro atoms. The molecule has 36 heavy (non-hydrogen) atoms. The summed E-state index contributed by atoms with van der Waals surface area (Å²) in [6.07, 6.45) is 4.68. The number of hydrogen-bond acceptors (Lipinski definition) is 3. The van der Waals surface area contributed by atoms with E-state index in [1.807, 2.05) is 6.07 Å². The van der Waals surface area contributed by atoms with E-state index in [9.17, 15) is 14.7 Å². The lowest BCUT2D eigenvalue weighted by Crippen LogP contribution is -2.54. The van der Waals surface area contributed by atoms with E-state index in [1.54, 1.807) is 0 Å². The molecule has 192 valence electrons. The van der Waals surface area contributed by atoms with Gasteiger partial charge in [0, 0.05) is 6.54 Å². The summed E-state index contributed by atoms with van der Waals surface area (Å²) in [4.78, 5) is 28.2. The summed E-state index contributed by atoms with van der Waals surface area (Å²) in [5, 5.41) is 10.7. The molecule has 2 aromatic carbocycles. The molecule has 3 atom stereocenters. The fraction of sp³-hybridized carbons (Fsp3) is 0.500. The van der Waals surface area contributed by atoms with E-state index in [0.717, 1.165) is 37.7 Å². The minimum absolute atomic E-state index is 0.0222. The van der Waals surface area contributed by atoms with Crippen LogP contribution in [0.25, 0.3) is 0 Å². The Balaban J connectivity index is 1.52. The number of phenolic OH excluding ortho intramolecular Hbond substituents is 1. The van der Waals surface area contributed by atoms with Crippen molar-refractivity contribution in [2.45, 2.75) is 71.1 Å². The average Bonchev–Trinajstić information content (AvgIpc) is 3.05. The Hall–Kier alpha value is -1.46. The summed E-state index contributed by atoms with van der Waals surface area (Å²) < 4.78 is 0. The molecular weight excluding hydrogens is 540 g/mol. The third kappa shape index (κ3) is 3.62. The summed E-state index contributed by atoms with van der Waals surface area (Å²) in [5.74, 6) is -0.157. The number of carbonyl (C=O) groups is 2. The van der Waals surface area contributed by atoms with E-state index in [-0.39, 0.29) is 60.4 Å². The lowest BCUT2D eigenvalue weighted by molar-refractivity contribution is 0.00190. The lowest BCUT2D eigenvalue weighted by atomic mass is 9.49. The average molecular weight is 569 g/mol. The summed E-state index contributed by atoms with van der Waals surface area (Å²) in [7, 11) is 0. The number of halogens is 4. The predicted octanol–water partition coefficient (Wildman–Crippen LogP) is 8.44. The highest BCUT2D eigenvalue weighted by Gasteiger charge is 2.54. The van der Waals surface area contributed by atoms with Crippen molar-refractivity contribution in [3.05, 3.63) is 60.0 Å². The number of phenols is 1. The van der Waals surface area contributed by atoms with Crippen molar-refractivity contribution in [2.24, 2.45) is 11.3 Å². The molecule has 0 radical (unpaired) electrons. The number of imide groups is 1. The molecule has 1 heterocycles. The number of rotatable bonds is 3. The highest BCUT2D eigenvalue weighted by molar-refractivity contribution is 6.55. The molecule has 2 amide bonds. The van der Waals surface area contributed by atoms with Gasteiger partial charge in [0.15, 0.2) is 0 Å². The van der Waals surface area contributed by atoms with Crippen molar-refractivity contribution in [3.63, 3.8) is 0 Å². The molecular formula is C28H29Cl4NO3. The number of benzene rings is 2. The van der Waals surface area contributed by atoms with Crippen LogP contribution in [0.2, 0.25) is 20.1 Å². The van der Waals surface area contributed by atoms with Gasteiger partial charge in [0.05, 0.1) is 31.2 Å². The molecule has 4 nitrogen and oxygen atoms in total. The van der Waals surface area contributed by atoms with Gasteiger partial charge in [-0.2, -0.15) is 0 Å². The summed E-state index contributed by atoms with van der Waals surface area (Å²) in [5.41, 5.74) is 3.03. The molecule has 1 N–H and O–H groups in total. The van der Waals surface area contributed by atoms with Crippen LogP contribution in [-0.2, 0) is 11.8 Å². The zero-order valence-corrected chi connectivity index (χ0v) is 23.8. The molecule has 5 rings (SSSR count). The molecule has 0 bridgehead atoms. The first kappa shape index (κ1) is 26.2. The van der Waals surface area contributed by atoms with Crippen LogP contribution in [0.4, 0.5) is 0 Å². The summed E-state index contributed by atoms with van der Waals surface area (Å²) in [6, 6.07) is 4.14. The van der Waals surface area contributed by atoms with Crippen molar-refractivity contribution < 1.29 is 14.7 Å². The molecule has 1 aliphatic heterocycles. The Bertz CT molecular complexity index is 1280. The standard InChI is InChI=1S/C28H29Cl4NO3/c1-13(2)15-10-14-6-7-18-27(3,8-5-9-28(18,4)16(14)11-17(15)34)12-33-25(35)19-20(26(33)36)22(30)24(32)23(31)21(19)29/h10-11,13,18,34H,5-9,12H2,1-4H3/t18-,27-,28+/m0/s1. The molecule has 2 aliphatic carbocycles. The van der Waals surface area contributed by atoms with Crippen LogP contribution in [0.15, 0.2) is 12.1 Å². The topological polar surface area (TPSA) is 57.6 Å². The maximum atomic E-state index is 13.5. The molecule has 2 aromatic rings. The number of nitrogens with zero attached hydrogens (tertiary/aromatic N) is 1. The van der Waals surface area contributed by atoms with Crippen LogP contribution in [0.5, 0.6) is 5.75 Å². The van der Waals surface area contributed by atoms with Crippen LogP contribution in [0.3, 0.4) is 0 Å². The number of hydrogen-bond donors (Lipinski definition) is 1. The zero-order valence-electron chi connectivity index (χ0n) is 20.8. The quantitative estimate of drug-likeness (QED) is 0.229. The Morgan fingerprint density at radius 1 is 0.972 bits per heavy atom. The fourth-order valence-corrected chi connectivity index (χ4v) is 8.22. The SMILES string of the molecule is CC(C)c1cc2c(cc1O)[C@@]1(C)CCC[C@@](C)(CN3C(=O)c4c(Cl)c(Cl)c(Cl)c(Cl)c4C3=O)[C@@H]1CC2. The largest absolute Gasteiger partial charge is 0.508 e. The maximum Gasteiger partial charge on any atom is 0.263 e. The van der Waals surface area contributed by atoms with Crippen LogP contribution in [0, 0.1) is 11.3 Å². The monoisotopic (exact) mass is 567 g/mol. The molecule has 0 saturated heterocycles. The van der Waals surface area contributed by atoms with Crippen LogP contribution < -0.4 is 0 Å². The van der Waals surface area contributed by atoms with Crippen LogP contribution in [-0.4, -0.2) is 28.4 Å². The second kappa shape index (κ2) is 8.80. The Morgan fingerprint density at radius 2 is 1.56 bits per heavy atom. The first-order chi connectivity index (χ1) is 16.8. The van der Waals surface area contributed by atoms with Gasteiger partial charge in [-0.3, -0.25) is 14.5 Å². The van der Waals surface area contributed by atoms with Gasteiger partial charge in [0.2, 0.25) is 0 Å². The van der Waals surface area contributed by atoms with Gasteiger partial charge < -0.3 is 5.11 Å². The first-order valence-electron chi connectivity index (χ1n) is 12.4. The third-order valence-corrected chi connectivity index (χ3v) is 10.8. The Morgan fingerprint density at radius 3 is 2.11 bits per heavy atom. The number of carbonyl (C=O) groups excluding carboxylic acids is 2. The summed E-state index contributed by atoms with van der Waals surface area (Å²) >= 11 is 25.1. The van der Waals surface area contributed by atoms with E-state index in [2.05, 4.69) is 33.8 Å². The van der Waals surface area contributed by atoms with Gasteiger partial charge in [-0.25, -0.2) is 0 Å². The first-order valence-corrected chi connectivity index (χ1v) is 13.9. The smallest absolute Gasteiger partial charge is 0.263 e. The van der Waals surface area contributed by atoms with Gasteiger partial charge in [-0.15, -0.1) is 0 Å². The zero-order chi connectivity index (χ0) is 26.3. The van der Waals surface area contributed by atoms with Crippen molar-refractivity contribution in [3.8, 4) is 5.75 Å². The van der Waals surface area contributed by atoms with Crippen LogP contribution >= 0.6 is 46.4 Å². The second-order valence-corrected chi connectivity index (χ2v) is 13.0. The van der Waals surface area contributed by atoms with E-state index in [1.165, 1.54) is 16.0 Å². The number of aryl methyl sites for hydroxylation is 1. The highest BCUT2D eigenvalue weighted by Crippen LogP contribution is 2.58. The summed E-state index contributed by atoms with van der Waals surface area (Å²) in [6.45, 7) is 8.89. The molecule has 1 saturated carbocycles. The molecule has 0 aromatic heterocycles. The van der Waals surface area contributed by atoms with Gasteiger partial charge in [-0.05, 0) is 71.1 Å². The lowest BCUT2D eigenvalue weighted by Gasteiger charge is -2.56. The van der Waals surface area contributed by atoms with Crippen molar-refractivity contribution in [1.29, 1.82) is 0 Å². The van der Waals surface area contributed by atoms with Crippen molar-refractivity contribution in [1.82, 2.24) is 4.90 Å². The molecule has 1 fully saturated rings. The van der Waals surface area contributed by atoms with Gasteiger partial charge >= 0.3 is 0 Å². The Kier molecular flexibility index (Phi) is 6.39. The van der Waals surface area contributed by atoms with E-state index in [0.29, 0.717) is 5.75 Å². The number of fused-ring (bicyclic) bond motifs is 4. The predicted molar refractivity (Wildman–Crippen MR) is 145 cm³/mol. The van der Waals surface area contributed by atoms with Gasteiger partial charge in [-0.1, -0.05) is 86.6 Å². The third-order valence-electron chi connectivity index (χ3n) is 8.95. The normalized spacial score (nSPS) is 27.4. The van der Waals surface area contributed by atoms with Crippen molar-refractivity contribution >= 4 is 58.2 Å². The maximum absolute atomic E-state index is 13.5. The van der Waals surface area contributed by atoms with E-state index in [4.69, 9.17) is 46.4 Å². The molecule has 0 unspecified atom stereocenters. The van der Waals surface area contributed by atoms with E-state index >= 15 is 0 Å². The molecule has 8 heteroatoms.